The van der Waals surface area contributed by atoms with E-state index in [1.807, 2.05) is 0 Å². The maximum Gasteiger partial charge on any atom is 0.0894 e. The molecule has 0 aromatic carbocycles. The van der Waals surface area contributed by atoms with Crippen LogP contribution in [0.25, 0.3) is 0 Å². The number of hydrogen-bond acceptors (Lipinski definition) is 6. The summed E-state index contributed by atoms with van der Waals surface area (Å²) in [5.41, 5.74) is 0. The second-order valence-corrected chi connectivity index (χ2v) is 5.44. The summed E-state index contributed by atoms with van der Waals surface area (Å²) >= 11 is 4.10. The van der Waals surface area contributed by atoms with Crippen molar-refractivity contribution in [2.75, 3.05) is 24.7 Å². The molecule has 3 nitrogen and oxygen atoms in total. The first-order valence-electron chi connectivity index (χ1n) is 3.54. The predicted octanol–water partition coefficient (Wildman–Crippen LogP) is 0.0117. The highest BCUT2D eigenvalue weighted by atomic mass is 33.1. The molecule has 0 aliphatic heterocycles. The summed E-state index contributed by atoms with van der Waals surface area (Å²) in [6.07, 6.45) is -0.754. The van der Waals surface area contributed by atoms with Crippen molar-refractivity contribution in [3.63, 3.8) is 0 Å². The normalized spacial score (nSPS) is 16.0. The first-order valence-corrected chi connectivity index (χ1v) is 6.55. The van der Waals surface area contributed by atoms with Gasteiger partial charge in [-0.05, 0) is 0 Å². The van der Waals surface area contributed by atoms with E-state index in [1.54, 1.807) is 0 Å². The molecule has 6 heteroatoms. The first kappa shape index (κ1) is 12.9. The van der Waals surface area contributed by atoms with E-state index in [4.69, 9.17) is 15.3 Å². The monoisotopic (exact) mass is 230 g/mol. The van der Waals surface area contributed by atoms with Crippen LogP contribution in [0, 0.1) is 0 Å². The lowest BCUT2D eigenvalue weighted by molar-refractivity contribution is 0.0978. The number of aliphatic hydroxyl groups excluding tert-OH is 3. The Bertz CT molecular complexity index is 104. The van der Waals surface area contributed by atoms with Gasteiger partial charge in [-0.3, -0.25) is 0 Å². The van der Waals surface area contributed by atoms with Crippen molar-refractivity contribution in [2.45, 2.75) is 11.4 Å². The molecule has 0 fully saturated rings. The van der Waals surface area contributed by atoms with Crippen LogP contribution in [0.1, 0.15) is 0 Å². The Kier molecular flexibility index (Phi) is 9.19. The second-order valence-electron chi connectivity index (χ2n) is 2.15. The van der Waals surface area contributed by atoms with Gasteiger partial charge in [0, 0.05) is 16.8 Å². The van der Waals surface area contributed by atoms with Crippen LogP contribution in [-0.2, 0) is 0 Å². The standard InChI is InChI=1S/C6H14O3S3/c7-1-2-11-12-4-6(10)5(9)3-8/h5-10H,1-4H2/t5-,6-/m1/s1. The van der Waals surface area contributed by atoms with Crippen LogP contribution in [-0.4, -0.2) is 51.4 Å². The molecule has 0 unspecified atom stereocenters. The van der Waals surface area contributed by atoms with Gasteiger partial charge in [0.1, 0.15) is 0 Å². The van der Waals surface area contributed by atoms with Crippen molar-refractivity contribution in [1.82, 2.24) is 0 Å². The average Bonchev–Trinajstić information content (AvgIpc) is 2.10. The van der Waals surface area contributed by atoms with E-state index >= 15 is 0 Å². The Morgan fingerprint density at radius 1 is 1.25 bits per heavy atom. The predicted molar refractivity (Wildman–Crippen MR) is 57.9 cm³/mol. The molecule has 12 heavy (non-hydrogen) atoms. The average molecular weight is 230 g/mol. The third kappa shape index (κ3) is 6.45. The Hall–Kier alpha value is 0.930. The van der Waals surface area contributed by atoms with E-state index in [2.05, 4.69) is 12.6 Å². The van der Waals surface area contributed by atoms with Gasteiger partial charge in [0.25, 0.3) is 0 Å². The topological polar surface area (TPSA) is 60.7 Å². The highest BCUT2D eigenvalue weighted by molar-refractivity contribution is 8.76. The highest BCUT2D eigenvalue weighted by Gasteiger charge is 2.13. The molecule has 3 N–H and O–H groups in total. The molecule has 0 bridgehead atoms. The lowest BCUT2D eigenvalue weighted by atomic mass is 10.3. The fraction of sp³-hybridized carbons (Fsp3) is 1.00. The van der Waals surface area contributed by atoms with Gasteiger partial charge in [-0.15, -0.1) is 0 Å². The van der Waals surface area contributed by atoms with Crippen molar-refractivity contribution in [1.29, 1.82) is 0 Å². The van der Waals surface area contributed by atoms with Gasteiger partial charge < -0.3 is 15.3 Å². The fourth-order valence-corrected chi connectivity index (χ4v) is 3.02. The molecule has 0 rings (SSSR count). The number of thiol groups is 1. The van der Waals surface area contributed by atoms with Crippen LogP contribution in [0.15, 0.2) is 0 Å². The molecule has 0 amide bonds. The zero-order chi connectivity index (χ0) is 9.40. The molecule has 0 aromatic heterocycles. The number of hydrogen-bond donors (Lipinski definition) is 4. The van der Waals surface area contributed by atoms with Gasteiger partial charge in [-0.25, -0.2) is 0 Å². The van der Waals surface area contributed by atoms with Gasteiger partial charge >= 0.3 is 0 Å². The highest BCUT2D eigenvalue weighted by Crippen LogP contribution is 2.23. The third-order valence-corrected chi connectivity index (χ3v) is 4.32. The van der Waals surface area contributed by atoms with Gasteiger partial charge in [-0.2, -0.15) is 12.6 Å². The van der Waals surface area contributed by atoms with E-state index in [0.29, 0.717) is 11.5 Å². The minimum absolute atomic E-state index is 0.164. The summed E-state index contributed by atoms with van der Waals surface area (Å²) < 4.78 is 0. The van der Waals surface area contributed by atoms with Gasteiger partial charge in [0.15, 0.2) is 0 Å². The Morgan fingerprint density at radius 2 is 1.92 bits per heavy atom. The summed E-state index contributed by atoms with van der Waals surface area (Å²) in [5, 5.41) is 25.9. The molecule has 74 valence electrons. The van der Waals surface area contributed by atoms with Crippen LogP contribution < -0.4 is 0 Å². The number of rotatable bonds is 7. The molecular weight excluding hydrogens is 216 g/mol. The van der Waals surface area contributed by atoms with Crippen molar-refractivity contribution in [3.8, 4) is 0 Å². The van der Waals surface area contributed by atoms with Crippen molar-refractivity contribution in [2.24, 2.45) is 0 Å². The largest absolute Gasteiger partial charge is 0.395 e. The minimum atomic E-state index is -0.754. The first-order chi connectivity index (χ1) is 5.72. The van der Waals surface area contributed by atoms with Crippen molar-refractivity contribution >= 4 is 34.2 Å². The zero-order valence-corrected chi connectivity index (χ0v) is 9.12. The molecule has 0 radical (unpaired) electrons. The van der Waals surface area contributed by atoms with Crippen molar-refractivity contribution < 1.29 is 15.3 Å². The van der Waals surface area contributed by atoms with E-state index in [0.717, 1.165) is 0 Å². The van der Waals surface area contributed by atoms with E-state index in [-0.39, 0.29) is 18.5 Å². The minimum Gasteiger partial charge on any atom is -0.395 e. The molecule has 0 saturated heterocycles. The van der Waals surface area contributed by atoms with Crippen LogP contribution in [0.2, 0.25) is 0 Å². The third-order valence-electron chi connectivity index (χ3n) is 1.13. The van der Waals surface area contributed by atoms with Crippen LogP contribution in [0.5, 0.6) is 0 Å². The Morgan fingerprint density at radius 3 is 2.42 bits per heavy atom. The summed E-state index contributed by atoms with van der Waals surface area (Å²) in [7, 11) is 3.07. The maximum absolute atomic E-state index is 9.08. The molecule has 0 spiro atoms. The van der Waals surface area contributed by atoms with Gasteiger partial charge in [-0.1, -0.05) is 21.6 Å². The molecule has 0 aromatic rings. The van der Waals surface area contributed by atoms with E-state index in [9.17, 15) is 0 Å². The van der Waals surface area contributed by atoms with Crippen molar-refractivity contribution in [3.05, 3.63) is 0 Å². The molecule has 0 heterocycles. The lowest BCUT2D eigenvalue weighted by Crippen LogP contribution is -2.26. The maximum atomic E-state index is 9.08. The van der Waals surface area contributed by atoms with E-state index in [1.165, 1.54) is 21.6 Å². The van der Waals surface area contributed by atoms with Crippen LogP contribution >= 0.6 is 34.2 Å². The van der Waals surface area contributed by atoms with Gasteiger partial charge in [0.05, 0.1) is 19.3 Å². The molecule has 0 saturated carbocycles. The Labute approximate surface area is 85.7 Å². The fourth-order valence-electron chi connectivity index (χ4n) is 0.447. The Balaban J connectivity index is 3.24. The second kappa shape index (κ2) is 8.52. The summed E-state index contributed by atoms with van der Waals surface area (Å²) in [6.45, 7) is -0.0865. The molecule has 2 atom stereocenters. The summed E-state index contributed by atoms with van der Waals surface area (Å²) in [5.74, 6) is 1.34. The number of aliphatic hydroxyl groups is 3. The SMILES string of the molecule is OCCSSC[C@@H](S)[C@H](O)CO. The molecule has 0 aliphatic rings. The molecular formula is C6H14O3S3. The smallest absolute Gasteiger partial charge is 0.0894 e. The van der Waals surface area contributed by atoms with Gasteiger partial charge in [0.2, 0.25) is 0 Å². The van der Waals surface area contributed by atoms with Crippen LogP contribution in [0.3, 0.4) is 0 Å². The molecule has 0 aliphatic carbocycles. The van der Waals surface area contributed by atoms with E-state index < -0.39 is 6.10 Å². The summed E-state index contributed by atoms with van der Waals surface area (Å²) in [4.78, 5) is 0. The zero-order valence-electron chi connectivity index (χ0n) is 6.59. The quantitative estimate of drug-likeness (QED) is 0.282. The van der Waals surface area contributed by atoms with Crippen LogP contribution in [0.4, 0.5) is 0 Å². The lowest BCUT2D eigenvalue weighted by Gasteiger charge is -2.14. The summed E-state index contributed by atoms with van der Waals surface area (Å²) in [6, 6.07) is 0.